The van der Waals surface area contributed by atoms with Gasteiger partial charge in [-0.2, -0.15) is 4.31 Å². The summed E-state index contributed by atoms with van der Waals surface area (Å²) < 4.78 is 27.1. The summed E-state index contributed by atoms with van der Waals surface area (Å²) in [6.45, 7) is 11.4. The molecule has 3 nitrogen and oxygen atoms in total. The van der Waals surface area contributed by atoms with Gasteiger partial charge in [-0.15, -0.1) is 0 Å². The van der Waals surface area contributed by atoms with Gasteiger partial charge in [0.25, 0.3) is 0 Å². The maximum atomic E-state index is 12.7. The fourth-order valence-corrected chi connectivity index (χ4v) is 5.28. The van der Waals surface area contributed by atoms with E-state index in [9.17, 15) is 8.42 Å². The van der Waals surface area contributed by atoms with Gasteiger partial charge in [0, 0.05) is 18.5 Å². The summed E-state index contributed by atoms with van der Waals surface area (Å²) in [7, 11) is -3.38. The van der Waals surface area contributed by atoms with Crippen molar-refractivity contribution in [1.82, 2.24) is 4.31 Å². The number of rotatable bonds is 3. The van der Waals surface area contributed by atoms with Crippen LogP contribution in [0, 0.1) is 17.8 Å². The zero-order valence-corrected chi connectivity index (χ0v) is 13.1. The van der Waals surface area contributed by atoms with Crippen LogP contribution in [0.25, 0.3) is 0 Å². The van der Waals surface area contributed by atoms with Crippen molar-refractivity contribution >= 4 is 10.0 Å². The highest BCUT2D eigenvalue weighted by molar-refractivity contribution is 7.89. The summed E-state index contributed by atoms with van der Waals surface area (Å²) in [4.78, 5) is 0.393. The molecule has 4 heteroatoms. The van der Waals surface area contributed by atoms with Crippen LogP contribution in [0.3, 0.4) is 0 Å². The summed E-state index contributed by atoms with van der Waals surface area (Å²) >= 11 is 0. The van der Waals surface area contributed by atoms with Gasteiger partial charge in [-0.3, -0.25) is 0 Å². The Bertz CT molecular complexity index is 677. The topological polar surface area (TPSA) is 37.4 Å². The minimum absolute atomic E-state index is 0.00473. The molecule has 20 heavy (non-hydrogen) atoms. The Hall–Kier alpha value is -1.13. The van der Waals surface area contributed by atoms with Crippen LogP contribution in [-0.2, 0) is 10.0 Å². The van der Waals surface area contributed by atoms with Crippen LogP contribution in [0.5, 0.6) is 0 Å². The molecule has 0 bridgehead atoms. The number of nitrogens with zero attached hydrogens (tertiary/aromatic N) is 1. The Labute approximate surface area is 121 Å². The molecule has 0 N–H and O–H groups in total. The molecule has 1 aliphatic carbocycles. The first-order chi connectivity index (χ1) is 9.21. The Morgan fingerprint density at radius 3 is 2.35 bits per heavy atom. The van der Waals surface area contributed by atoms with Crippen molar-refractivity contribution in [1.29, 1.82) is 0 Å². The second-order valence-corrected chi connectivity index (χ2v) is 8.62. The molecular weight excluding hydrogens is 270 g/mol. The number of piperidine rings is 1. The van der Waals surface area contributed by atoms with E-state index in [1.54, 1.807) is 16.4 Å². The summed E-state index contributed by atoms with van der Waals surface area (Å²) in [6.07, 6.45) is 1.06. The van der Waals surface area contributed by atoms with Crippen LogP contribution in [0.15, 0.2) is 41.3 Å². The molecule has 2 fully saturated rings. The minimum Gasteiger partial charge on any atom is -0.207 e. The highest BCUT2D eigenvalue weighted by Crippen LogP contribution is 2.71. The zero-order chi connectivity index (χ0) is 14.8. The van der Waals surface area contributed by atoms with Gasteiger partial charge in [0.1, 0.15) is 0 Å². The molecule has 2 unspecified atom stereocenters. The van der Waals surface area contributed by atoms with Crippen molar-refractivity contribution < 1.29 is 8.42 Å². The monoisotopic (exact) mass is 291 g/mol. The largest absolute Gasteiger partial charge is 0.243 e. The smallest absolute Gasteiger partial charge is 0.207 e. The standard InChI is InChI=1S/C16H21NO2S/c1-12(2)16-9-15(16,4)10-17(11-16)20(18,19)14-7-5-13(3)6-8-14/h5-8H,1,9-11H2,2-4H3. The van der Waals surface area contributed by atoms with Gasteiger partial charge in [0.15, 0.2) is 0 Å². The van der Waals surface area contributed by atoms with Gasteiger partial charge >= 0.3 is 0 Å². The van der Waals surface area contributed by atoms with Crippen molar-refractivity contribution in [2.45, 2.75) is 32.1 Å². The number of fused-ring (bicyclic) bond motifs is 1. The van der Waals surface area contributed by atoms with E-state index >= 15 is 0 Å². The Balaban J connectivity index is 1.92. The van der Waals surface area contributed by atoms with Gasteiger partial charge in [0.05, 0.1) is 4.90 Å². The Morgan fingerprint density at radius 1 is 1.25 bits per heavy atom. The maximum absolute atomic E-state index is 12.7. The van der Waals surface area contributed by atoms with Gasteiger partial charge in [-0.25, -0.2) is 8.42 Å². The predicted molar refractivity (Wildman–Crippen MR) is 79.9 cm³/mol. The number of benzene rings is 1. The van der Waals surface area contributed by atoms with Crippen LogP contribution >= 0.6 is 0 Å². The molecule has 0 amide bonds. The lowest BCUT2D eigenvalue weighted by Gasteiger charge is -2.21. The second kappa shape index (κ2) is 3.95. The highest BCUT2D eigenvalue weighted by Gasteiger charge is 2.70. The van der Waals surface area contributed by atoms with E-state index in [0.717, 1.165) is 17.6 Å². The molecule has 108 valence electrons. The number of hydrogen-bond donors (Lipinski definition) is 0. The molecule has 2 atom stereocenters. The van der Waals surface area contributed by atoms with Gasteiger partial charge in [-0.05, 0) is 37.8 Å². The van der Waals surface area contributed by atoms with E-state index < -0.39 is 10.0 Å². The van der Waals surface area contributed by atoms with E-state index in [0.29, 0.717) is 18.0 Å². The molecule has 1 heterocycles. The lowest BCUT2D eigenvalue weighted by molar-refractivity contribution is 0.410. The zero-order valence-electron chi connectivity index (χ0n) is 12.3. The molecular formula is C16H21NO2S. The number of hydrogen-bond acceptors (Lipinski definition) is 2. The molecule has 1 saturated heterocycles. The average molecular weight is 291 g/mol. The SMILES string of the molecule is C=C(C)C12CN(S(=O)(=O)c3ccc(C)cc3)CC1(C)C2. The molecule has 1 aromatic rings. The normalized spacial score (nSPS) is 33.0. The lowest BCUT2D eigenvalue weighted by Crippen LogP contribution is -2.32. The summed E-state index contributed by atoms with van der Waals surface area (Å²) in [5.41, 5.74) is 2.27. The molecule has 3 rings (SSSR count). The van der Waals surface area contributed by atoms with Crippen molar-refractivity contribution in [3.63, 3.8) is 0 Å². The van der Waals surface area contributed by atoms with Crippen molar-refractivity contribution in [2.75, 3.05) is 13.1 Å². The highest BCUT2D eigenvalue weighted by atomic mass is 32.2. The Kier molecular flexibility index (Phi) is 2.73. The van der Waals surface area contributed by atoms with E-state index in [-0.39, 0.29) is 10.8 Å². The Morgan fingerprint density at radius 2 is 1.85 bits per heavy atom. The molecule has 0 aromatic heterocycles. The molecule has 2 aliphatic rings. The molecule has 1 aromatic carbocycles. The number of sulfonamides is 1. The van der Waals surface area contributed by atoms with Crippen molar-refractivity contribution in [3.05, 3.63) is 42.0 Å². The molecule has 0 radical (unpaired) electrons. The minimum atomic E-state index is -3.38. The lowest BCUT2D eigenvalue weighted by atomic mass is 9.92. The quantitative estimate of drug-likeness (QED) is 0.803. The summed E-state index contributed by atoms with van der Waals surface area (Å²) in [5.74, 6) is 0. The fourth-order valence-electron chi connectivity index (χ4n) is 3.65. The third kappa shape index (κ3) is 1.71. The molecule has 0 spiro atoms. The first-order valence-electron chi connectivity index (χ1n) is 6.94. The van der Waals surface area contributed by atoms with E-state index in [2.05, 4.69) is 13.5 Å². The molecule has 1 saturated carbocycles. The fraction of sp³-hybridized carbons (Fsp3) is 0.500. The van der Waals surface area contributed by atoms with Gasteiger partial charge < -0.3 is 0 Å². The van der Waals surface area contributed by atoms with Gasteiger partial charge in [0.2, 0.25) is 10.0 Å². The maximum Gasteiger partial charge on any atom is 0.243 e. The van der Waals surface area contributed by atoms with Crippen LogP contribution in [-0.4, -0.2) is 25.8 Å². The summed E-state index contributed by atoms with van der Waals surface area (Å²) in [5, 5.41) is 0. The van der Waals surface area contributed by atoms with Crippen molar-refractivity contribution in [3.8, 4) is 0 Å². The van der Waals surface area contributed by atoms with Crippen LogP contribution in [0.4, 0.5) is 0 Å². The van der Waals surface area contributed by atoms with Crippen LogP contribution in [0.1, 0.15) is 25.8 Å². The third-order valence-electron chi connectivity index (χ3n) is 5.17. The third-order valence-corrected chi connectivity index (χ3v) is 6.98. The first-order valence-corrected chi connectivity index (χ1v) is 8.38. The first kappa shape index (κ1) is 13.8. The number of aryl methyl sites for hydroxylation is 1. The van der Waals surface area contributed by atoms with E-state index in [4.69, 9.17) is 0 Å². The van der Waals surface area contributed by atoms with Crippen molar-refractivity contribution in [2.24, 2.45) is 10.8 Å². The molecule has 1 aliphatic heterocycles. The summed E-state index contributed by atoms with van der Waals surface area (Å²) in [6, 6.07) is 7.09. The van der Waals surface area contributed by atoms with Crippen LogP contribution in [0.2, 0.25) is 0 Å². The van der Waals surface area contributed by atoms with Gasteiger partial charge in [-0.1, -0.05) is 36.8 Å². The van der Waals surface area contributed by atoms with Crippen LogP contribution < -0.4 is 0 Å². The average Bonchev–Trinajstić information content (AvgIpc) is 2.84. The predicted octanol–water partition coefficient (Wildman–Crippen LogP) is 2.97. The van der Waals surface area contributed by atoms with E-state index in [1.165, 1.54) is 0 Å². The second-order valence-electron chi connectivity index (χ2n) is 6.69. The van der Waals surface area contributed by atoms with E-state index in [1.807, 2.05) is 26.0 Å².